The molecule has 0 unspecified atom stereocenters. The summed E-state index contributed by atoms with van der Waals surface area (Å²) in [7, 11) is 0. The first kappa shape index (κ1) is 12.0. The van der Waals surface area contributed by atoms with E-state index in [1.807, 2.05) is 11.8 Å². The zero-order valence-electron chi connectivity index (χ0n) is 10.2. The Morgan fingerprint density at radius 2 is 1.88 bits per heavy atom. The van der Waals surface area contributed by atoms with Gasteiger partial charge in [-0.15, -0.1) is 11.8 Å². The summed E-state index contributed by atoms with van der Waals surface area (Å²) in [6, 6.07) is 8.98. The van der Waals surface area contributed by atoms with Gasteiger partial charge in [0, 0.05) is 16.2 Å². The van der Waals surface area contributed by atoms with Gasteiger partial charge >= 0.3 is 0 Å². The SMILES string of the molecule is CC(C)c1ccc(SC2(CN)CCC2)cc1. The maximum Gasteiger partial charge on any atom is 0.0329 e. The highest BCUT2D eigenvalue weighted by atomic mass is 32.2. The normalized spacial score (nSPS) is 18.5. The molecule has 88 valence electrons. The van der Waals surface area contributed by atoms with E-state index in [4.69, 9.17) is 5.73 Å². The van der Waals surface area contributed by atoms with Crippen LogP contribution in [0.3, 0.4) is 0 Å². The lowest BCUT2D eigenvalue weighted by Crippen LogP contribution is -2.40. The fourth-order valence-corrected chi connectivity index (χ4v) is 3.44. The van der Waals surface area contributed by atoms with Crippen molar-refractivity contribution in [1.29, 1.82) is 0 Å². The van der Waals surface area contributed by atoms with E-state index >= 15 is 0 Å². The number of rotatable bonds is 4. The van der Waals surface area contributed by atoms with Gasteiger partial charge in [0.1, 0.15) is 0 Å². The molecule has 0 bridgehead atoms. The summed E-state index contributed by atoms with van der Waals surface area (Å²) >= 11 is 1.97. The molecule has 0 saturated heterocycles. The lowest BCUT2D eigenvalue weighted by molar-refractivity contribution is 0.371. The Morgan fingerprint density at radius 3 is 2.25 bits per heavy atom. The van der Waals surface area contributed by atoms with Crippen LogP contribution in [0, 0.1) is 0 Å². The van der Waals surface area contributed by atoms with Gasteiger partial charge < -0.3 is 5.73 Å². The van der Waals surface area contributed by atoms with Crippen LogP contribution in [0.1, 0.15) is 44.6 Å². The maximum atomic E-state index is 5.87. The first-order valence-corrected chi connectivity index (χ1v) is 6.96. The third kappa shape index (κ3) is 2.44. The molecule has 1 nitrogen and oxygen atoms in total. The van der Waals surface area contributed by atoms with Crippen molar-refractivity contribution < 1.29 is 0 Å². The molecule has 2 N–H and O–H groups in total. The molecule has 1 aromatic carbocycles. The summed E-state index contributed by atoms with van der Waals surface area (Å²) in [5.74, 6) is 0.617. The van der Waals surface area contributed by atoms with E-state index < -0.39 is 0 Å². The van der Waals surface area contributed by atoms with Crippen LogP contribution in [-0.4, -0.2) is 11.3 Å². The van der Waals surface area contributed by atoms with Gasteiger partial charge in [0.05, 0.1) is 0 Å². The van der Waals surface area contributed by atoms with Crippen LogP contribution in [0.5, 0.6) is 0 Å². The monoisotopic (exact) mass is 235 g/mol. The van der Waals surface area contributed by atoms with Gasteiger partial charge in [-0.2, -0.15) is 0 Å². The van der Waals surface area contributed by atoms with Crippen molar-refractivity contribution in [3.8, 4) is 0 Å². The molecule has 1 aliphatic carbocycles. The van der Waals surface area contributed by atoms with Gasteiger partial charge in [-0.3, -0.25) is 0 Å². The predicted octanol–water partition coefficient (Wildman–Crippen LogP) is 3.78. The molecule has 0 atom stereocenters. The molecule has 1 saturated carbocycles. The van der Waals surface area contributed by atoms with E-state index in [0.29, 0.717) is 10.7 Å². The molecule has 0 aromatic heterocycles. The van der Waals surface area contributed by atoms with Gasteiger partial charge in [0.25, 0.3) is 0 Å². The highest BCUT2D eigenvalue weighted by Gasteiger charge is 2.36. The van der Waals surface area contributed by atoms with Gasteiger partial charge in [-0.05, 0) is 36.5 Å². The van der Waals surface area contributed by atoms with Crippen LogP contribution in [0.2, 0.25) is 0 Å². The number of hydrogen-bond donors (Lipinski definition) is 1. The van der Waals surface area contributed by atoms with Crippen LogP contribution < -0.4 is 5.73 Å². The molecular formula is C14H21NS. The summed E-state index contributed by atoms with van der Waals surface area (Å²) < 4.78 is 0.347. The Hall–Kier alpha value is -0.470. The van der Waals surface area contributed by atoms with Crippen LogP contribution >= 0.6 is 11.8 Å². The Kier molecular flexibility index (Phi) is 3.60. The minimum absolute atomic E-state index is 0.347. The quantitative estimate of drug-likeness (QED) is 0.859. The molecule has 1 aliphatic rings. The van der Waals surface area contributed by atoms with Crippen LogP contribution in [0.4, 0.5) is 0 Å². The summed E-state index contributed by atoms with van der Waals surface area (Å²) in [5.41, 5.74) is 7.29. The molecular weight excluding hydrogens is 214 g/mol. The molecule has 2 rings (SSSR count). The van der Waals surface area contributed by atoms with Gasteiger partial charge in [-0.1, -0.05) is 32.4 Å². The van der Waals surface area contributed by atoms with E-state index in [1.54, 1.807) is 0 Å². The van der Waals surface area contributed by atoms with Gasteiger partial charge in [-0.25, -0.2) is 0 Å². The van der Waals surface area contributed by atoms with Crippen LogP contribution in [-0.2, 0) is 0 Å². The molecule has 0 aliphatic heterocycles. The lowest BCUT2D eigenvalue weighted by Gasteiger charge is -2.40. The second kappa shape index (κ2) is 4.80. The van der Waals surface area contributed by atoms with Crippen LogP contribution in [0.15, 0.2) is 29.2 Å². The molecule has 16 heavy (non-hydrogen) atoms. The number of benzene rings is 1. The smallest absolute Gasteiger partial charge is 0.0329 e. The van der Waals surface area contributed by atoms with Crippen molar-refractivity contribution in [3.63, 3.8) is 0 Å². The largest absolute Gasteiger partial charge is 0.329 e. The van der Waals surface area contributed by atoms with E-state index in [-0.39, 0.29) is 0 Å². The first-order chi connectivity index (χ1) is 7.65. The summed E-state index contributed by atoms with van der Waals surface area (Å²) in [6.45, 7) is 5.27. The Morgan fingerprint density at radius 1 is 1.25 bits per heavy atom. The molecule has 2 heteroatoms. The average Bonchev–Trinajstić information content (AvgIpc) is 2.24. The third-order valence-corrected chi connectivity index (χ3v) is 5.03. The van der Waals surface area contributed by atoms with Crippen molar-refractivity contribution in [1.82, 2.24) is 0 Å². The second-order valence-corrected chi connectivity index (χ2v) is 6.61. The zero-order chi connectivity index (χ0) is 11.6. The maximum absolute atomic E-state index is 5.87. The van der Waals surface area contributed by atoms with E-state index in [0.717, 1.165) is 6.54 Å². The number of nitrogens with two attached hydrogens (primary N) is 1. The van der Waals surface area contributed by atoms with Gasteiger partial charge in [0.2, 0.25) is 0 Å². The van der Waals surface area contributed by atoms with Crippen molar-refractivity contribution in [3.05, 3.63) is 29.8 Å². The van der Waals surface area contributed by atoms with E-state index in [2.05, 4.69) is 38.1 Å². The van der Waals surface area contributed by atoms with Crippen molar-refractivity contribution in [2.45, 2.75) is 48.7 Å². The van der Waals surface area contributed by atoms with Crippen molar-refractivity contribution >= 4 is 11.8 Å². The lowest BCUT2D eigenvalue weighted by atomic mass is 9.84. The van der Waals surface area contributed by atoms with Crippen molar-refractivity contribution in [2.75, 3.05) is 6.54 Å². The minimum atomic E-state index is 0.347. The number of hydrogen-bond acceptors (Lipinski definition) is 2. The standard InChI is InChI=1S/C14H21NS/c1-11(2)12-4-6-13(7-5-12)16-14(10-15)8-3-9-14/h4-7,11H,3,8-10,15H2,1-2H3. The highest BCUT2D eigenvalue weighted by molar-refractivity contribution is 8.00. The van der Waals surface area contributed by atoms with Crippen LogP contribution in [0.25, 0.3) is 0 Å². The fourth-order valence-electron chi connectivity index (χ4n) is 2.09. The molecule has 0 amide bonds. The highest BCUT2D eigenvalue weighted by Crippen LogP contribution is 2.46. The topological polar surface area (TPSA) is 26.0 Å². The first-order valence-electron chi connectivity index (χ1n) is 6.14. The van der Waals surface area contributed by atoms with E-state index in [1.165, 1.54) is 29.7 Å². The van der Waals surface area contributed by atoms with Crippen molar-refractivity contribution in [2.24, 2.45) is 5.73 Å². The molecule has 1 fully saturated rings. The zero-order valence-corrected chi connectivity index (χ0v) is 11.0. The molecule has 0 radical (unpaired) electrons. The average molecular weight is 235 g/mol. The molecule has 0 heterocycles. The summed E-state index contributed by atoms with van der Waals surface area (Å²) in [5, 5.41) is 0. The minimum Gasteiger partial charge on any atom is -0.329 e. The Balaban J connectivity index is 2.05. The number of thioether (sulfide) groups is 1. The van der Waals surface area contributed by atoms with E-state index in [9.17, 15) is 0 Å². The second-order valence-electron chi connectivity index (χ2n) is 5.07. The fraction of sp³-hybridized carbons (Fsp3) is 0.571. The predicted molar refractivity (Wildman–Crippen MR) is 72.0 cm³/mol. The summed E-state index contributed by atoms with van der Waals surface area (Å²) in [4.78, 5) is 1.37. The molecule has 0 spiro atoms. The van der Waals surface area contributed by atoms with Gasteiger partial charge in [0.15, 0.2) is 0 Å². The molecule has 1 aromatic rings. The Bertz CT molecular complexity index is 333. The Labute approximate surface area is 103 Å². The third-order valence-electron chi connectivity index (χ3n) is 3.52. The summed E-state index contributed by atoms with van der Waals surface area (Å²) in [6.07, 6.45) is 3.90.